The lowest BCUT2D eigenvalue weighted by molar-refractivity contribution is 0.156. The van der Waals surface area contributed by atoms with Gasteiger partial charge in [-0.15, -0.1) is 0 Å². The lowest BCUT2D eigenvalue weighted by atomic mass is 9.98. The van der Waals surface area contributed by atoms with Crippen molar-refractivity contribution in [2.45, 2.75) is 31.8 Å². The highest BCUT2D eigenvalue weighted by molar-refractivity contribution is 5.81. The molecule has 0 aliphatic carbocycles. The van der Waals surface area contributed by atoms with Crippen LogP contribution in [0.4, 0.5) is 0 Å². The summed E-state index contributed by atoms with van der Waals surface area (Å²) in [5.74, 6) is 0.0267. The number of nitrogens with zero attached hydrogens (tertiary/aromatic N) is 4. The van der Waals surface area contributed by atoms with Crippen LogP contribution in [-0.2, 0) is 6.54 Å². The smallest absolute Gasteiger partial charge is 0.331 e. The molecule has 0 bridgehead atoms. The number of piperidine rings is 1. The molecule has 9 nitrogen and oxygen atoms in total. The van der Waals surface area contributed by atoms with Crippen molar-refractivity contribution in [3.8, 4) is 5.88 Å². The summed E-state index contributed by atoms with van der Waals surface area (Å²) in [7, 11) is 0. The Morgan fingerprint density at radius 2 is 2.21 bits per heavy atom. The number of aromatic hydroxyl groups is 1. The summed E-state index contributed by atoms with van der Waals surface area (Å²) in [4.78, 5) is 30.8. The van der Waals surface area contributed by atoms with Crippen molar-refractivity contribution in [1.29, 1.82) is 0 Å². The second-order valence-electron chi connectivity index (χ2n) is 6.87. The SMILES string of the molecule is O=c1[nH]c(=O)n(Cc2ccco2)c(O)c1C=NN1CCCC[C@H]1c1cccnc1. The highest BCUT2D eigenvalue weighted by Crippen LogP contribution is 2.30. The first-order valence-electron chi connectivity index (χ1n) is 9.42. The summed E-state index contributed by atoms with van der Waals surface area (Å²) in [6.07, 6.45) is 9.29. The normalized spacial score (nSPS) is 17.1. The first-order chi connectivity index (χ1) is 14.1. The van der Waals surface area contributed by atoms with Crippen molar-refractivity contribution in [2.75, 3.05) is 6.54 Å². The van der Waals surface area contributed by atoms with Crippen LogP contribution in [0.2, 0.25) is 0 Å². The van der Waals surface area contributed by atoms with Gasteiger partial charge in [0, 0.05) is 18.9 Å². The number of nitrogens with one attached hydrogen (secondary N) is 1. The van der Waals surface area contributed by atoms with Crippen molar-refractivity contribution in [2.24, 2.45) is 5.10 Å². The Balaban J connectivity index is 1.65. The topological polar surface area (TPSA) is 117 Å². The zero-order valence-electron chi connectivity index (χ0n) is 15.7. The zero-order chi connectivity index (χ0) is 20.2. The third kappa shape index (κ3) is 3.98. The summed E-state index contributed by atoms with van der Waals surface area (Å²) in [6, 6.07) is 7.29. The molecule has 0 spiro atoms. The number of furan rings is 1. The molecule has 0 amide bonds. The fourth-order valence-electron chi connectivity index (χ4n) is 3.49. The third-order valence-corrected chi connectivity index (χ3v) is 4.98. The van der Waals surface area contributed by atoms with Crippen molar-refractivity contribution in [3.05, 3.63) is 80.6 Å². The second-order valence-corrected chi connectivity index (χ2v) is 6.87. The Morgan fingerprint density at radius 1 is 1.31 bits per heavy atom. The number of H-pyrrole nitrogens is 1. The molecular weight excluding hydrogens is 374 g/mol. The van der Waals surface area contributed by atoms with E-state index in [1.165, 1.54) is 12.5 Å². The molecule has 4 heterocycles. The van der Waals surface area contributed by atoms with Crippen molar-refractivity contribution < 1.29 is 9.52 Å². The Hall–Kier alpha value is -3.62. The standard InChI is InChI=1S/C20H21N5O4/c26-18-16(19(27)24(20(28)23-18)13-15-6-4-10-29-15)12-22-25-9-2-1-7-17(25)14-5-3-8-21-11-14/h3-6,8,10-12,17,27H,1-2,7,9,13H2,(H,23,26,28)/t17-/m0/s1. The van der Waals surface area contributed by atoms with Crippen molar-refractivity contribution in [3.63, 3.8) is 0 Å². The average Bonchev–Trinajstić information content (AvgIpc) is 3.25. The van der Waals surface area contributed by atoms with Gasteiger partial charge in [0.15, 0.2) is 0 Å². The Bertz CT molecular complexity index is 1100. The molecule has 0 aromatic carbocycles. The summed E-state index contributed by atoms with van der Waals surface area (Å²) >= 11 is 0. The van der Waals surface area contributed by atoms with E-state index in [0.717, 1.165) is 35.9 Å². The van der Waals surface area contributed by atoms with Crippen LogP contribution in [-0.4, -0.2) is 37.4 Å². The number of hydrazone groups is 1. The maximum atomic E-state index is 12.3. The highest BCUT2D eigenvalue weighted by atomic mass is 16.3. The molecule has 1 fully saturated rings. The Kier molecular flexibility index (Phi) is 5.28. The molecule has 1 aliphatic heterocycles. The molecule has 0 unspecified atom stereocenters. The van der Waals surface area contributed by atoms with Crippen molar-refractivity contribution >= 4 is 6.21 Å². The van der Waals surface area contributed by atoms with Gasteiger partial charge in [-0.1, -0.05) is 6.07 Å². The summed E-state index contributed by atoms with van der Waals surface area (Å²) in [6.45, 7) is 0.720. The second kappa shape index (κ2) is 8.17. The molecule has 29 heavy (non-hydrogen) atoms. The predicted molar refractivity (Wildman–Crippen MR) is 106 cm³/mol. The minimum Gasteiger partial charge on any atom is -0.494 e. The van der Waals surface area contributed by atoms with E-state index in [1.807, 2.05) is 23.3 Å². The molecule has 3 aromatic heterocycles. The van der Waals surface area contributed by atoms with Gasteiger partial charge in [-0.2, -0.15) is 5.10 Å². The Labute approximate surface area is 166 Å². The fraction of sp³-hybridized carbons (Fsp3) is 0.300. The minimum absolute atomic E-state index is 0.00267. The first kappa shape index (κ1) is 18.7. The molecule has 1 saturated heterocycles. The van der Waals surface area contributed by atoms with Gasteiger partial charge in [0.2, 0.25) is 5.88 Å². The maximum Gasteiger partial charge on any atom is 0.331 e. The predicted octanol–water partition coefficient (Wildman–Crippen LogP) is 1.84. The fourth-order valence-corrected chi connectivity index (χ4v) is 3.49. The highest BCUT2D eigenvalue weighted by Gasteiger charge is 2.23. The lowest BCUT2D eigenvalue weighted by Crippen LogP contribution is -2.33. The van der Waals surface area contributed by atoms with Crippen LogP contribution in [0.1, 0.15) is 42.2 Å². The van der Waals surface area contributed by atoms with Crippen LogP contribution >= 0.6 is 0 Å². The van der Waals surface area contributed by atoms with E-state index in [-0.39, 0.29) is 18.2 Å². The Morgan fingerprint density at radius 3 is 2.97 bits per heavy atom. The molecule has 0 radical (unpaired) electrons. The van der Waals surface area contributed by atoms with Crippen LogP contribution in [0.3, 0.4) is 0 Å². The van der Waals surface area contributed by atoms with Crippen LogP contribution in [0.25, 0.3) is 0 Å². The zero-order valence-corrected chi connectivity index (χ0v) is 15.7. The van der Waals surface area contributed by atoms with Gasteiger partial charge in [0.25, 0.3) is 5.56 Å². The summed E-state index contributed by atoms with van der Waals surface area (Å²) in [5, 5.41) is 16.9. The van der Waals surface area contributed by atoms with Gasteiger partial charge in [0.05, 0.1) is 25.1 Å². The third-order valence-electron chi connectivity index (χ3n) is 4.98. The van der Waals surface area contributed by atoms with E-state index in [9.17, 15) is 14.7 Å². The van der Waals surface area contributed by atoms with Gasteiger partial charge in [-0.25, -0.2) is 4.79 Å². The number of hydrogen-bond acceptors (Lipinski definition) is 7. The number of hydrogen-bond donors (Lipinski definition) is 2. The van der Waals surface area contributed by atoms with Crippen LogP contribution < -0.4 is 11.2 Å². The van der Waals surface area contributed by atoms with E-state index in [1.54, 1.807) is 18.3 Å². The number of aromatic amines is 1. The molecule has 0 saturated carbocycles. The molecule has 4 rings (SSSR count). The van der Waals surface area contributed by atoms with E-state index < -0.39 is 17.1 Å². The molecule has 3 aromatic rings. The van der Waals surface area contributed by atoms with Gasteiger partial charge >= 0.3 is 5.69 Å². The molecule has 1 atom stereocenters. The van der Waals surface area contributed by atoms with Gasteiger partial charge in [-0.05, 0) is 43.0 Å². The van der Waals surface area contributed by atoms with Crippen LogP contribution in [0.15, 0.2) is 62.0 Å². The van der Waals surface area contributed by atoms with E-state index in [0.29, 0.717) is 5.76 Å². The minimum atomic E-state index is -0.716. The lowest BCUT2D eigenvalue weighted by Gasteiger charge is -2.33. The van der Waals surface area contributed by atoms with E-state index in [2.05, 4.69) is 15.1 Å². The molecule has 1 aliphatic rings. The van der Waals surface area contributed by atoms with Gasteiger partial charge in [0.1, 0.15) is 11.3 Å². The maximum absolute atomic E-state index is 12.3. The molecule has 150 valence electrons. The average molecular weight is 395 g/mol. The molecule has 9 heteroatoms. The number of aromatic nitrogens is 3. The van der Waals surface area contributed by atoms with E-state index in [4.69, 9.17) is 4.42 Å². The molecule has 2 N–H and O–H groups in total. The van der Waals surface area contributed by atoms with Gasteiger partial charge in [-0.3, -0.25) is 24.3 Å². The largest absolute Gasteiger partial charge is 0.494 e. The quantitative estimate of drug-likeness (QED) is 0.637. The van der Waals surface area contributed by atoms with E-state index >= 15 is 0 Å². The van der Waals surface area contributed by atoms with Crippen LogP contribution in [0.5, 0.6) is 5.88 Å². The first-order valence-corrected chi connectivity index (χ1v) is 9.42. The van der Waals surface area contributed by atoms with Crippen LogP contribution in [0, 0.1) is 0 Å². The monoisotopic (exact) mass is 395 g/mol. The number of rotatable bonds is 5. The summed E-state index contributed by atoms with van der Waals surface area (Å²) < 4.78 is 6.26. The summed E-state index contributed by atoms with van der Waals surface area (Å²) in [5.41, 5.74) is -0.439. The number of pyridine rings is 1. The van der Waals surface area contributed by atoms with Crippen molar-refractivity contribution in [1.82, 2.24) is 19.5 Å². The van der Waals surface area contributed by atoms with Gasteiger partial charge < -0.3 is 9.52 Å². The molecular formula is C20H21N5O4.